The van der Waals surface area contributed by atoms with Gasteiger partial charge in [0.05, 0.1) is 0 Å². The van der Waals surface area contributed by atoms with Gasteiger partial charge in [-0.05, 0) is 57.6 Å². The summed E-state index contributed by atoms with van der Waals surface area (Å²) in [6.45, 7) is 4.43. The van der Waals surface area contributed by atoms with Gasteiger partial charge in [0.2, 0.25) is 0 Å². The van der Waals surface area contributed by atoms with Crippen molar-refractivity contribution < 1.29 is 4.39 Å². The number of aliphatic imine (C=N–C) groups is 1. The van der Waals surface area contributed by atoms with Gasteiger partial charge in [0.25, 0.3) is 0 Å². The molecule has 0 bridgehead atoms. The van der Waals surface area contributed by atoms with Crippen LogP contribution in [0, 0.1) is 12.7 Å². The van der Waals surface area contributed by atoms with Crippen LogP contribution in [0.3, 0.4) is 0 Å². The lowest BCUT2D eigenvalue weighted by molar-refractivity contribution is 0.389. The van der Waals surface area contributed by atoms with E-state index < -0.39 is 0 Å². The van der Waals surface area contributed by atoms with Crippen molar-refractivity contribution in [3.8, 4) is 0 Å². The van der Waals surface area contributed by atoms with Gasteiger partial charge in [-0.1, -0.05) is 31.4 Å². The highest BCUT2D eigenvalue weighted by Gasteiger charge is 2.01. The summed E-state index contributed by atoms with van der Waals surface area (Å²) in [5.41, 5.74) is 1.59. The molecule has 0 aliphatic heterocycles. The molecule has 1 aromatic carbocycles. The molecule has 0 amide bonds. The zero-order chi connectivity index (χ0) is 17.8. The molecule has 1 aromatic rings. The van der Waals surface area contributed by atoms with Crippen LogP contribution in [0.1, 0.15) is 43.2 Å². The SMILES string of the molecule is CN=C(NCCCCCCCN(C)C)NCc1ccc(C)c(F)c1.I. The van der Waals surface area contributed by atoms with Crippen molar-refractivity contribution >= 4 is 29.9 Å². The molecular weight excluding hydrogens is 430 g/mol. The van der Waals surface area contributed by atoms with Crippen LogP contribution in [0.2, 0.25) is 0 Å². The maximum atomic E-state index is 13.5. The molecule has 2 N–H and O–H groups in total. The van der Waals surface area contributed by atoms with E-state index in [1.165, 1.54) is 32.2 Å². The van der Waals surface area contributed by atoms with Gasteiger partial charge < -0.3 is 15.5 Å². The largest absolute Gasteiger partial charge is 0.356 e. The highest BCUT2D eigenvalue weighted by molar-refractivity contribution is 14.0. The fourth-order valence-electron chi connectivity index (χ4n) is 2.44. The fraction of sp³-hybridized carbons (Fsp3) is 0.632. The molecule has 6 heteroatoms. The first-order valence-electron chi connectivity index (χ1n) is 8.87. The molecule has 0 aliphatic rings. The van der Waals surface area contributed by atoms with Gasteiger partial charge in [-0.2, -0.15) is 0 Å². The summed E-state index contributed by atoms with van der Waals surface area (Å²) in [5, 5.41) is 6.53. The van der Waals surface area contributed by atoms with Crippen LogP contribution in [0.4, 0.5) is 4.39 Å². The Morgan fingerprint density at radius 1 is 1.08 bits per heavy atom. The second-order valence-electron chi connectivity index (χ2n) is 6.51. The number of hydrogen-bond acceptors (Lipinski definition) is 2. The van der Waals surface area contributed by atoms with Crippen molar-refractivity contribution in [2.45, 2.75) is 45.6 Å². The van der Waals surface area contributed by atoms with Crippen LogP contribution in [-0.2, 0) is 6.54 Å². The van der Waals surface area contributed by atoms with E-state index in [0.717, 1.165) is 24.5 Å². The molecule has 0 fully saturated rings. The predicted octanol–water partition coefficient (Wildman–Crippen LogP) is 3.93. The van der Waals surface area contributed by atoms with Crippen LogP contribution in [0.15, 0.2) is 23.2 Å². The van der Waals surface area contributed by atoms with Gasteiger partial charge in [-0.15, -0.1) is 24.0 Å². The third kappa shape index (κ3) is 11.4. The molecule has 1 rings (SSSR count). The molecular formula is C19H34FIN4. The summed E-state index contributed by atoms with van der Waals surface area (Å²) in [4.78, 5) is 6.44. The monoisotopic (exact) mass is 464 g/mol. The minimum absolute atomic E-state index is 0. The molecule has 4 nitrogen and oxygen atoms in total. The third-order valence-corrected chi connectivity index (χ3v) is 3.99. The van der Waals surface area contributed by atoms with E-state index >= 15 is 0 Å². The smallest absolute Gasteiger partial charge is 0.191 e. The maximum absolute atomic E-state index is 13.5. The normalized spacial score (nSPS) is 11.4. The number of nitrogens with zero attached hydrogens (tertiary/aromatic N) is 2. The van der Waals surface area contributed by atoms with Gasteiger partial charge in [0.1, 0.15) is 5.82 Å². The summed E-state index contributed by atoms with van der Waals surface area (Å²) in [6, 6.07) is 5.31. The average molecular weight is 464 g/mol. The summed E-state index contributed by atoms with van der Waals surface area (Å²) in [5.74, 6) is 0.607. The molecule has 0 aliphatic carbocycles. The third-order valence-electron chi connectivity index (χ3n) is 3.99. The van der Waals surface area contributed by atoms with E-state index in [1.54, 1.807) is 26.1 Å². The van der Waals surface area contributed by atoms with Crippen LogP contribution in [0.25, 0.3) is 0 Å². The van der Waals surface area contributed by atoms with Crippen molar-refractivity contribution in [3.63, 3.8) is 0 Å². The average Bonchev–Trinajstić information content (AvgIpc) is 2.55. The highest BCUT2D eigenvalue weighted by Crippen LogP contribution is 2.08. The van der Waals surface area contributed by atoms with Crippen molar-refractivity contribution in [1.82, 2.24) is 15.5 Å². The first kappa shape index (κ1) is 24.1. The number of aryl methyl sites for hydroxylation is 1. The minimum Gasteiger partial charge on any atom is -0.356 e. The lowest BCUT2D eigenvalue weighted by Crippen LogP contribution is -2.37. The highest BCUT2D eigenvalue weighted by atomic mass is 127. The molecule has 0 aromatic heterocycles. The first-order chi connectivity index (χ1) is 11.5. The molecule has 144 valence electrons. The number of nitrogens with one attached hydrogen (secondary N) is 2. The van der Waals surface area contributed by atoms with Gasteiger partial charge >= 0.3 is 0 Å². The molecule has 0 radical (unpaired) electrons. The molecule has 0 saturated carbocycles. The summed E-state index contributed by atoms with van der Waals surface area (Å²) in [7, 11) is 5.99. The summed E-state index contributed by atoms with van der Waals surface area (Å²) < 4.78 is 13.5. The number of benzene rings is 1. The Kier molecular flexibility index (Phi) is 13.8. The Balaban J connectivity index is 0.00000576. The van der Waals surface area contributed by atoms with Crippen molar-refractivity contribution in [1.29, 1.82) is 0 Å². The molecule has 0 unspecified atom stereocenters. The van der Waals surface area contributed by atoms with E-state index in [-0.39, 0.29) is 29.8 Å². The minimum atomic E-state index is -0.161. The predicted molar refractivity (Wildman–Crippen MR) is 116 cm³/mol. The van der Waals surface area contributed by atoms with E-state index in [2.05, 4.69) is 34.6 Å². The van der Waals surface area contributed by atoms with Crippen LogP contribution >= 0.6 is 24.0 Å². The lowest BCUT2D eigenvalue weighted by atomic mass is 10.1. The molecule has 0 heterocycles. The summed E-state index contributed by atoms with van der Waals surface area (Å²) in [6.07, 6.45) is 6.23. The van der Waals surface area contributed by atoms with Crippen LogP contribution in [-0.4, -0.2) is 45.1 Å². The Bertz CT molecular complexity index is 506. The van der Waals surface area contributed by atoms with Gasteiger partial charge in [-0.25, -0.2) is 4.39 Å². The Morgan fingerprint density at radius 2 is 1.76 bits per heavy atom. The van der Waals surface area contributed by atoms with Crippen molar-refractivity contribution in [2.75, 3.05) is 34.2 Å². The van der Waals surface area contributed by atoms with Crippen LogP contribution in [0.5, 0.6) is 0 Å². The second-order valence-corrected chi connectivity index (χ2v) is 6.51. The molecule has 0 spiro atoms. The van der Waals surface area contributed by atoms with E-state index in [0.29, 0.717) is 12.1 Å². The zero-order valence-corrected chi connectivity index (χ0v) is 18.4. The molecule has 25 heavy (non-hydrogen) atoms. The van der Waals surface area contributed by atoms with E-state index in [1.807, 2.05) is 6.07 Å². The topological polar surface area (TPSA) is 39.7 Å². The number of rotatable bonds is 10. The lowest BCUT2D eigenvalue weighted by Gasteiger charge is -2.12. The van der Waals surface area contributed by atoms with Gasteiger partial charge in [0.15, 0.2) is 5.96 Å². The molecule has 0 atom stereocenters. The van der Waals surface area contributed by atoms with E-state index in [4.69, 9.17) is 0 Å². The summed E-state index contributed by atoms with van der Waals surface area (Å²) >= 11 is 0. The number of hydrogen-bond donors (Lipinski definition) is 2. The Morgan fingerprint density at radius 3 is 2.40 bits per heavy atom. The second kappa shape index (κ2) is 14.3. The Hall–Kier alpha value is -0.890. The quantitative estimate of drug-likeness (QED) is 0.239. The molecule has 0 saturated heterocycles. The standard InChI is InChI=1S/C19H33FN4.HI/c1-16-10-11-17(14-18(16)20)15-23-19(21-2)22-12-8-6-5-7-9-13-24(3)4;/h10-11,14H,5-9,12-13,15H2,1-4H3,(H2,21,22,23);1H. The Labute approximate surface area is 169 Å². The zero-order valence-electron chi connectivity index (χ0n) is 16.1. The number of halogens is 2. The van der Waals surface area contributed by atoms with Crippen molar-refractivity contribution in [3.05, 3.63) is 35.1 Å². The number of unbranched alkanes of at least 4 members (excludes halogenated alkanes) is 4. The fourth-order valence-corrected chi connectivity index (χ4v) is 2.44. The van der Waals surface area contributed by atoms with Crippen molar-refractivity contribution in [2.24, 2.45) is 4.99 Å². The van der Waals surface area contributed by atoms with Gasteiger partial charge in [-0.3, -0.25) is 4.99 Å². The van der Waals surface area contributed by atoms with Gasteiger partial charge in [0, 0.05) is 20.1 Å². The van der Waals surface area contributed by atoms with E-state index in [9.17, 15) is 4.39 Å². The van der Waals surface area contributed by atoms with Crippen LogP contribution < -0.4 is 10.6 Å². The maximum Gasteiger partial charge on any atom is 0.191 e. The first-order valence-corrected chi connectivity index (χ1v) is 8.87. The number of guanidine groups is 1.